The summed E-state index contributed by atoms with van der Waals surface area (Å²) in [5.41, 5.74) is -1.87. The van der Waals surface area contributed by atoms with Gasteiger partial charge in [-0.2, -0.15) is 13.2 Å². The molecule has 1 aliphatic heterocycles. The third-order valence-electron chi connectivity index (χ3n) is 3.14. The molecule has 0 bridgehead atoms. The third-order valence-corrected chi connectivity index (χ3v) is 3.81. The van der Waals surface area contributed by atoms with Crippen molar-refractivity contribution in [2.75, 3.05) is 4.90 Å². The highest BCUT2D eigenvalue weighted by atomic mass is 79.9. The van der Waals surface area contributed by atoms with Crippen molar-refractivity contribution in [3.63, 3.8) is 0 Å². The van der Waals surface area contributed by atoms with Crippen LogP contribution in [0.1, 0.15) is 25.8 Å². The monoisotopic (exact) mass is 349 g/mol. The number of alkyl halides is 3. The Morgan fingerprint density at radius 1 is 1.25 bits per heavy atom. The number of anilines is 1. The Kier molecular flexibility index (Phi) is 3.44. The molecule has 1 aromatic rings. The van der Waals surface area contributed by atoms with Gasteiger partial charge in [-0.05, 0) is 34.1 Å². The number of nitrogens with zero attached hydrogens (tertiary/aromatic N) is 1. The van der Waals surface area contributed by atoms with Crippen molar-refractivity contribution >= 4 is 33.4 Å². The van der Waals surface area contributed by atoms with Crippen LogP contribution in [-0.4, -0.2) is 11.8 Å². The summed E-state index contributed by atoms with van der Waals surface area (Å²) in [7, 11) is 0. The molecule has 7 heteroatoms. The Balaban J connectivity index is 2.53. The van der Waals surface area contributed by atoms with E-state index in [0.29, 0.717) is 0 Å². The summed E-state index contributed by atoms with van der Waals surface area (Å²) in [6, 6.07) is 2.88. The van der Waals surface area contributed by atoms with E-state index in [1.165, 1.54) is 6.07 Å². The van der Waals surface area contributed by atoms with E-state index in [1.807, 2.05) is 0 Å². The Bertz CT molecular complexity index is 596. The first-order chi connectivity index (χ1) is 9.04. The first-order valence-electron chi connectivity index (χ1n) is 5.78. The van der Waals surface area contributed by atoms with Gasteiger partial charge in [0.05, 0.1) is 16.7 Å². The van der Waals surface area contributed by atoms with Gasteiger partial charge in [0.15, 0.2) is 0 Å². The largest absolute Gasteiger partial charge is 0.416 e. The van der Waals surface area contributed by atoms with Crippen LogP contribution in [0.5, 0.6) is 0 Å². The molecule has 0 atom stereocenters. The first kappa shape index (κ1) is 15.0. The van der Waals surface area contributed by atoms with E-state index in [4.69, 9.17) is 0 Å². The maximum absolute atomic E-state index is 12.7. The van der Waals surface area contributed by atoms with E-state index in [-0.39, 0.29) is 16.6 Å². The first-order valence-corrected chi connectivity index (χ1v) is 6.57. The predicted octanol–water partition coefficient (Wildman–Crippen LogP) is 3.76. The van der Waals surface area contributed by atoms with Crippen LogP contribution in [0.4, 0.5) is 18.9 Å². The molecule has 2 rings (SSSR count). The molecule has 1 aliphatic rings. The van der Waals surface area contributed by atoms with E-state index in [2.05, 4.69) is 15.9 Å². The van der Waals surface area contributed by atoms with Gasteiger partial charge in [-0.25, -0.2) is 4.90 Å². The minimum atomic E-state index is -4.53. The lowest BCUT2D eigenvalue weighted by Crippen LogP contribution is -2.33. The summed E-state index contributed by atoms with van der Waals surface area (Å²) in [5, 5.41) is 0. The number of hydrogen-bond donors (Lipinski definition) is 0. The van der Waals surface area contributed by atoms with Crippen molar-refractivity contribution in [1.82, 2.24) is 0 Å². The highest BCUT2D eigenvalue weighted by molar-refractivity contribution is 9.10. The van der Waals surface area contributed by atoms with Crippen molar-refractivity contribution in [3.05, 3.63) is 28.2 Å². The van der Waals surface area contributed by atoms with Crippen LogP contribution < -0.4 is 4.90 Å². The van der Waals surface area contributed by atoms with Crippen molar-refractivity contribution in [2.45, 2.75) is 26.4 Å². The zero-order valence-electron chi connectivity index (χ0n) is 10.7. The number of carbonyl (C=O) groups excluding carboxylic acids is 2. The lowest BCUT2D eigenvalue weighted by Gasteiger charge is -2.20. The van der Waals surface area contributed by atoms with Gasteiger partial charge in [-0.3, -0.25) is 9.59 Å². The Labute approximate surface area is 121 Å². The topological polar surface area (TPSA) is 37.4 Å². The second-order valence-corrected chi connectivity index (χ2v) is 6.11. The molecule has 0 saturated carbocycles. The predicted molar refractivity (Wildman–Crippen MR) is 70.0 cm³/mol. The van der Waals surface area contributed by atoms with E-state index < -0.39 is 29.0 Å². The highest BCUT2D eigenvalue weighted by Crippen LogP contribution is 2.40. The van der Waals surface area contributed by atoms with Crippen molar-refractivity contribution in [1.29, 1.82) is 0 Å². The summed E-state index contributed by atoms with van der Waals surface area (Å²) in [6.07, 6.45) is -4.55. The summed E-state index contributed by atoms with van der Waals surface area (Å²) in [6.45, 7) is 3.18. The number of amides is 2. The molecule has 0 unspecified atom stereocenters. The van der Waals surface area contributed by atoms with Gasteiger partial charge >= 0.3 is 6.18 Å². The van der Waals surface area contributed by atoms with Gasteiger partial charge in [-0.15, -0.1) is 0 Å². The Morgan fingerprint density at radius 2 is 1.85 bits per heavy atom. The fraction of sp³-hybridized carbons (Fsp3) is 0.385. The van der Waals surface area contributed by atoms with Gasteiger partial charge in [0.2, 0.25) is 11.8 Å². The van der Waals surface area contributed by atoms with Gasteiger partial charge in [0.1, 0.15) is 0 Å². The lowest BCUT2D eigenvalue weighted by molar-refractivity contribution is -0.137. The SMILES string of the molecule is CC1(C)CC(=O)N(c2cc(C(F)(F)F)ccc2Br)C1=O. The van der Waals surface area contributed by atoms with Crippen LogP contribution in [0.15, 0.2) is 22.7 Å². The zero-order chi connectivity index (χ0) is 15.3. The fourth-order valence-electron chi connectivity index (χ4n) is 2.05. The number of rotatable bonds is 1. The van der Waals surface area contributed by atoms with Crippen LogP contribution in [0.3, 0.4) is 0 Å². The maximum Gasteiger partial charge on any atom is 0.416 e. The molecule has 2 amide bonds. The van der Waals surface area contributed by atoms with Crippen LogP contribution in [0.2, 0.25) is 0 Å². The second-order valence-electron chi connectivity index (χ2n) is 5.26. The van der Waals surface area contributed by atoms with Gasteiger partial charge in [-0.1, -0.05) is 13.8 Å². The zero-order valence-corrected chi connectivity index (χ0v) is 12.3. The van der Waals surface area contributed by atoms with Crippen molar-refractivity contribution in [2.24, 2.45) is 5.41 Å². The molecule has 1 fully saturated rings. The van der Waals surface area contributed by atoms with Crippen LogP contribution in [0.25, 0.3) is 0 Å². The van der Waals surface area contributed by atoms with E-state index in [1.54, 1.807) is 13.8 Å². The van der Waals surface area contributed by atoms with Crippen molar-refractivity contribution in [3.8, 4) is 0 Å². The summed E-state index contributed by atoms with van der Waals surface area (Å²) >= 11 is 3.09. The van der Waals surface area contributed by atoms with Crippen LogP contribution in [-0.2, 0) is 15.8 Å². The normalized spacial score (nSPS) is 18.8. The highest BCUT2D eigenvalue weighted by Gasteiger charge is 2.46. The quantitative estimate of drug-likeness (QED) is 0.724. The lowest BCUT2D eigenvalue weighted by atomic mass is 9.92. The minimum absolute atomic E-state index is 0.0193. The Morgan fingerprint density at radius 3 is 2.30 bits per heavy atom. The average Bonchev–Trinajstić information content (AvgIpc) is 2.48. The molecule has 0 N–H and O–H groups in total. The molecule has 0 radical (unpaired) electrons. The number of halogens is 4. The molecule has 0 spiro atoms. The average molecular weight is 350 g/mol. The molecule has 1 aromatic carbocycles. The third kappa shape index (κ3) is 2.46. The molecule has 0 aromatic heterocycles. The smallest absolute Gasteiger partial charge is 0.274 e. The minimum Gasteiger partial charge on any atom is -0.274 e. The molecule has 3 nitrogen and oxygen atoms in total. The maximum atomic E-state index is 12.7. The standard InChI is InChI=1S/C13H11BrF3NO2/c1-12(2)6-10(19)18(11(12)20)9-5-7(13(15,16)17)3-4-8(9)14/h3-5H,6H2,1-2H3. The molecular weight excluding hydrogens is 339 g/mol. The van der Waals surface area contributed by atoms with Gasteiger partial charge in [0, 0.05) is 10.9 Å². The summed E-state index contributed by atoms with van der Waals surface area (Å²) in [5.74, 6) is -0.998. The molecule has 108 valence electrons. The molecule has 0 aliphatic carbocycles. The number of hydrogen-bond acceptors (Lipinski definition) is 2. The molecular formula is C13H11BrF3NO2. The number of imide groups is 1. The van der Waals surface area contributed by atoms with Gasteiger partial charge in [0.25, 0.3) is 0 Å². The summed E-state index contributed by atoms with van der Waals surface area (Å²) in [4.78, 5) is 24.9. The number of carbonyl (C=O) groups is 2. The van der Waals surface area contributed by atoms with Crippen LogP contribution >= 0.6 is 15.9 Å². The van der Waals surface area contributed by atoms with Crippen LogP contribution in [0, 0.1) is 5.41 Å². The number of benzene rings is 1. The van der Waals surface area contributed by atoms with Crippen molar-refractivity contribution < 1.29 is 22.8 Å². The van der Waals surface area contributed by atoms with E-state index in [9.17, 15) is 22.8 Å². The summed E-state index contributed by atoms with van der Waals surface area (Å²) < 4.78 is 38.5. The van der Waals surface area contributed by atoms with E-state index in [0.717, 1.165) is 17.0 Å². The molecule has 1 heterocycles. The van der Waals surface area contributed by atoms with E-state index >= 15 is 0 Å². The molecule has 20 heavy (non-hydrogen) atoms. The fourth-order valence-corrected chi connectivity index (χ4v) is 2.48. The van der Waals surface area contributed by atoms with Gasteiger partial charge < -0.3 is 0 Å². The molecule has 1 saturated heterocycles. The second kappa shape index (κ2) is 4.58. The Hall–Kier alpha value is -1.37.